The number of aromatic nitrogens is 8. The van der Waals surface area contributed by atoms with E-state index < -0.39 is 11.6 Å². The van der Waals surface area contributed by atoms with Crippen LogP contribution >= 0.6 is 95.6 Å². The number of benzene rings is 16. The Morgan fingerprint density at radius 2 is 0.472 bits per heavy atom. The van der Waals surface area contributed by atoms with Crippen LogP contribution in [0.1, 0.15) is 31.8 Å². The van der Waals surface area contributed by atoms with E-state index in [1.807, 2.05) is 84.9 Å². The Hall–Kier alpha value is -14.4. The van der Waals surface area contributed by atoms with Gasteiger partial charge in [-0.2, -0.15) is 10.5 Å². The summed E-state index contributed by atoms with van der Waals surface area (Å²) < 4.78 is 5.96. The Balaban J connectivity index is 0.000000117. The van der Waals surface area contributed by atoms with Crippen molar-refractivity contribution in [3.63, 3.8) is 0 Å². The fourth-order valence-corrected chi connectivity index (χ4v) is 21.8. The van der Waals surface area contributed by atoms with Gasteiger partial charge in [0.05, 0.1) is 149 Å². The minimum atomic E-state index is -0.411. The van der Waals surface area contributed by atoms with Crippen LogP contribution in [0.5, 0.6) is 0 Å². The molecule has 0 atom stereocenters. The summed E-state index contributed by atoms with van der Waals surface area (Å²) in [5.41, 5.74) is 54.9. The van der Waals surface area contributed by atoms with Crippen molar-refractivity contribution in [2.45, 2.75) is 0 Å². The zero-order valence-electron chi connectivity index (χ0n) is 64.9. The van der Waals surface area contributed by atoms with E-state index in [0.29, 0.717) is 67.2 Å². The van der Waals surface area contributed by atoms with Gasteiger partial charge in [0.25, 0.3) is 0 Å². The number of rotatable bonds is 3. The number of carbonyl (C=O) groups excluding carboxylic acids is 2. The monoisotopic (exact) mass is 2060 g/mol. The number of Topliss-reactive ketones (excluding diaryl/α,β-unsaturated/α-hetero) is 2. The van der Waals surface area contributed by atoms with E-state index in [-0.39, 0.29) is 17.1 Å². The van der Waals surface area contributed by atoms with E-state index in [0.717, 1.165) is 227 Å². The minimum Gasteiger partial charge on any atom is -0.512 e. The van der Waals surface area contributed by atoms with Crippen molar-refractivity contribution in [3.8, 4) is 136 Å². The maximum Gasteiger partial charge on any atom is 1.00 e. The standard InChI is InChI=1S/C40H14N8.C36H14Br4N4.C12H4Br2O2.C12H14N4.CN.Cu/c1-43-29-13-9-25-35-26(10-14-30(44-2)36(29)35)40-38(25)46-28-12-6-20(16-32(28)48-40)19-5-11-27-31(15-19)47-39-24-8-4-22(18-42)33-21(17-41)3-7-23(34(24)33)37(39)45-27;37-21-7-3-17-29-19(5-9-23(39)31(21)29)35-33(17)41-25-11-1-15(13-27(25)43-35)16-2-12-26-28(14-16)44-36-20-6-10-24(40)32-22(38)8-4-18(30(20)32)34(36)42-26;13-7-3-1-5-9-6(12(16)11(5)15)2-4-8(14)10(7)9;13-9-3-1-7(5-11(9)15)8-2-4-10(14)12(16)6-8;1-2;/h3-16H;1-14H;1-4H;1-6H,13-16H2;;/q;;;;-1;+1. The van der Waals surface area contributed by atoms with Crippen molar-refractivity contribution in [1.29, 1.82) is 15.8 Å². The van der Waals surface area contributed by atoms with Crippen LogP contribution in [0.4, 0.5) is 34.1 Å². The molecule has 4 aromatic heterocycles. The third-order valence-electron chi connectivity index (χ3n) is 23.5. The van der Waals surface area contributed by atoms with Crippen LogP contribution in [-0.2, 0) is 17.1 Å². The van der Waals surface area contributed by atoms with Gasteiger partial charge in [0.15, 0.2) is 11.4 Å². The quantitative estimate of drug-likeness (QED) is 0.0553. The van der Waals surface area contributed by atoms with Crippen LogP contribution in [0.3, 0.4) is 0 Å². The number of ketones is 2. The Morgan fingerprint density at radius 3 is 0.740 bits per heavy atom. The smallest absolute Gasteiger partial charge is 0.512 e. The predicted molar refractivity (Wildman–Crippen MR) is 519 cm³/mol. The fraction of sp³-hybridized carbons (Fsp3) is 0. The van der Waals surface area contributed by atoms with Gasteiger partial charge in [-0.05, 0) is 178 Å². The summed E-state index contributed by atoms with van der Waals surface area (Å²) in [5, 5.41) is 35.1. The number of anilines is 4. The van der Waals surface area contributed by atoms with E-state index >= 15 is 0 Å². The van der Waals surface area contributed by atoms with Crippen molar-refractivity contribution in [1.82, 2.24) is 39.9 Å². The summed E-state index contributed by atoms with van der Waals surface area (Å²) in [6.07, 6.45) is 0. The molecule has 16 aromatic carbocycles. The number of nitrogens with two attached hydrogens (primary N) is 4. The molecule has 5 aliphatic carbocycles. The summed E-state index contributed by atoms with van der Waals surface area (Å²) in [4.78, 5) is 71.6. The number of halogens is 6. The molecule has 4 heterocycles. The van der Waals surface area contributed by atoms with E-state index in [1.54, 1.807) is 60.7 Å². The molecule has 0 saturated heterocycles. The first-order valence-electron chi connectivity index (χ1n) is 38.6. The van der Waals surface area contributed by atoms with E-state index in [9.17, 15) is 20.1 Å². The number of hydrogen-bond donors (Lipinski definition) is 4. The molecule has 25 rings (SSSR count). The Morgan fingerprint density at radius 1 is 0.252 bits per heavy atom. The van der Waals surface area contributed by atoms with E-state index in [4.69, 9.17) is 87.8 Å². The summed E-state index contributed by atoms with van der Waals surface area (Å²) >= 11 is 21.8. The van der Waals surface area contributed by atoms with Gasteiger partial charge in [0.1, 0.15) is 0 Å². The maximum atomic E-state index is 11.7. The Bertz CT molecular complexity index is 8220. The molecule has 5 aliphatic rings. The molecule has 0 radical (unpaired) electrons. The van der Waals surface area contributed by atoms with Crippen molar-refractivity contribution in [3.05, 3.63) is 309 Å². The average molecular weight is 2070 g/mol. The van der Waals surface area contributed by atoms with E-state index in [1.165, 1.54) is 10.8 Å². The minimum absolute atomic E-state index is 0. The topological polar surface area (TPSA) is 321 Å². The van der Waals surface area contributed by atoms with Gasteiger partial charge < -0.3 is 34.8 Å². The molecule has 26 heteroatoms. The second-order valence-electron chi connectivity index (χ2n) is 30.2. The van der Waals surface area contributed by atoms with Gasteiger partial charge in [0.2, 0.25) is 11.6 Å². The third-order valence-corrected chi connectivity index (χ3v) is 27.5. The van der Waals surface area contributed by atoms with Crippen molar-refractivity contribution >= 4 is 239 Å². The molecule has 20 aromatic rings. The average Bonchev–Trinajstić information content (AvgIpc) is 1.58. The van der Waals surface area contributed by atoms with Crippen LogP contribution in [0, 0.1) is 47.6 Å². The molecule has 0 spiro atoms. The zero-order chi connectivity index (χ0) is 86.8. The molecular formula is C101H46Br6CuN17O2. The molecule has 0 fully saturated rings. The summed E-state index contributed by atoms with van der Waals surface area (Å²) in [5.74, 6) is -0.823. The largest absolute Gasteiger partial charge is 1.00 e. The van der Waals surface area contributed by atoms with Gasteiger partial charge in [-0.25, -0.2) is 49.6 Å². The first-order chi connectivity index (χ1) is 61.2. The first-order valence-corrected chi connectivity index (χ1v) is 43.4. The molecular weight excluding hydrogens is 2030 g/mol. The molecule has 600 valence electrons. The van der Waals surface area contributed by atoms with Crippen LogP contribution in [0.2, 0.25) is 0 Å². The van der Waals surface area contributed by atoms with Crippen LogP contribution < -0.4 is 22.9 Å². The second kappa shape index (κ2) is 31.1. The summed E-state index contributed by atoms with van der Waals surface area (Å²) in [6.45, 7) is 20.1. The Kier molecular flexibility index (Phi) is 19.8. The van der Waals surface area contributed by atoms with Crippen molar-refractivity contribution in [2.75, 3.05) is 22.9 Å². The second-order valence-corrected chi connectivity index (χ2v) is 35.3. The molecule has 0 amide bonds. The van der Waals surface area contributed by atoms with Crippen molar-refractivity contribution < 1.29 is 26.7 Å². The van der Waals surface area contributed by atoms with Crippen LogP contribution in [0.15, 0.2) is 257 Å². The number of nitriles is 2. The van der Waals surface area contributed by atoms with Crippen LogP contribution in [0.25, 0.3) is 231 Å². The molecule has 0 aliphatic heterocycles. The van der Waals surface area contributed by atoms with Gasteiger partial charge in [0, 0.05) is 126 Å². The number of nitrogens with zero attached hydrogens (tertiary/aromatic N) is 13. The molecule has 8 N–H and O–H groups in total. The summed E-state index contributed by atoms with van der Waals surface area (Å²) in [6, 6.07) is 78.6. The first kappa shape index (κ1) is 80.9. The van der Waals surface area contributed by atoms with Gasteiger partial charge in [-0.15, -0.1) is 0 Å². The van der Waals surface area contributed by atoms with Gasteiger partial charge in [-0.3, -0.25) is 9.59 Å². The van der Waals surface area contributed by atoms with Gasteiger partial charge in [-0.1, -0.05) is 193 Å². The number of nitrogen functional groups attached to an aromatic ring is 4. The third kappa shape index (κ3) is 12.6. The fourth-order valence-electron chi connectivity index (χ4n) is 17.7. The number of fused-ring (bicyclic) bond motifs is 16. The van der Waals surface area contributed by atoms with Gasteiger partial charge >= 0.3 is 17.1 Å². The zero-order valence-corrected chi connectivity index (χ0v) is 75.4. The number of hydrogen-bond acceptors (Lipinski definition) is 17. The summed E-state index contributed by atoms with van der Waals surface area (Å²) in [7, 11) is 0. The molecule has 0 bridgehead atoms. The number of carbonyl (C=O) groups is 2. The molecule has 19 nitrogen and oxygen atoms in total. The van der Waals surface area contributed by atoms with Crippen LogP contribution in [-0.4, -0.2) is 51.4 Å². The normalized spacial score (nSPS) is 11.8. The molecule has 0 unspecified atom stereocenters. The predicted octanol–water partition coefficient (Wildman–Crippen LogP) is 27.1. The molecule has 127 heavy (non-hydrogen) atoms. The maximum absolute atomic E-state index is 11.7. The Labute approximate surface area is 781 Å². The van der Waals surface area contributed by atoms with Crippen molar-refractivity contribution in [2.24, 2.45) is 0 Å². The molecule has 0 saturated carbocycles. The van der Waals surface area contributed by atoms with E-state index in [2.05, 4.69) is 202 Å². The SMILES string of the molecule is Brc1ccc2c3c(ccc(Br)c13)-c1nc3cc(-c4ccc5nc6c(nc5c4)-c4ccc(Br)c5c(Br)ccc-6c45)ccc3nc1-2.Nc1ccc(-c2ccc(N)c(N)c2)cc1N.O=C1C(=O)c2ccc(Br)c3c(Br)ccc1c23.[C-]#N.[C-]#[N+]c1ccc2c3c(ccc([N+]#[C-])c13)-c1nc3cc(-c4ccc5nc6c(nc5c4)-c4ccc(C#N)c5c(C#N)ccc-6c45)ccc3nc1-2.[Cu+].